The van der Waals surface area contributed by atoms with Crippen LogP contribution >= 0.6 is 0 Å². The van der Waals surface area contributed by atoms with E-state index >= 15 is 0 Å². The molecule has 1 aromatic carbocycles. The second-order valence-corrected chi connectivity index (χ2v) is 7.03. The first kappa shape index (κ1) is 17.3. The molecule has 4 nitrogen and oxygen atoms in total. The maximum absolute atomic E-state index is 13.4. The molecular formula is C18H24F2N2O2. The first-order valence-electron chi connectivity index (χ1n) is 8.58. The first-order valence-corrected chi connectivity index (χ1v) is 8.58. The molecule has 1 amide bonds. The van der Waals surface area contributed by atoms with Crippen molar-refractivity contribution < 1.29 is 18.7 Å². The molecule has 1 saturated heterocycles. The molecule has 2 aliphatic rings. The Labute approximate surface area is 141 Å². The maximum Gasteiger partial charge on any atom is 0.254 e. The van der Waals surface area contributed by atoms with E-state index in [1.54, 1.807) is 11.9 Å². The second kappa shape index (κ2) is 7.15. The van der Waals surface area contributed by atoms with Gasteiger partial charge in [0.25, 0.3) is 5.91 Å². The van der Waals surface area contributed by atoms with E-state index in [0.717, 1.165) is 37.8 Å². The van der Waals surface area contributed by atoms with Gasteiger partial charge in [-0.2, -0.15) is 0 Å². The fourth-order valence-corrected chi connectivity index (χ4v) is 3.87. The number of hydrogen-bond acceptors (Lipinski definition) is 3. The Morgan fingerprint density at radius 3 is 2.54 bits per heavy atom. The molecule has 24 heavy (non-hydrogen) atoms. The number of halogens is 2. The summed E-state index contributed by atoms with van der Waals surface area (Å²) < 4.78 is 26.5. The van der Waals surface area contributed by atoms with Gasteiger partial charge >= 0.3 is 0 Å². The summed E-state index contributed by atoms with van der Waals surface area (Å²) in [6.45, 7) is 1.99. The number of rotatable bonds is 5. The standard InChI is InChI=1S/C18H24F2N2O2/c1-21(18(24)13-6-7-15(19)16(20)8-13)17(12-4-2-3-5-12)11-22-9-14(23)10-22/h6-8,12,14,17,23H,2-5,9-11H2,1H3/t17-/m1/s1. The highest BCUT2D eigenvalue weighted by Gasteiger charge is 2.35. The van der Waals surface area contributed by atoms with Gasteiger partial charge in [-0.15, -0.1) is 0 Å². The largest absolute Gasteiger partial charge is 0.390 e. The van der Waals surface area contributed by atoms with Crippen molar-refractivity contribution in [3.63, 3.8) is 0 Å². The normalized spacial score (nSPS) is 20.8. The fourth-order valence-electron chi connectivity index (χ4n) is 3.87. The Balaban J connectivity index is 1.74. The van der Waals surface area contributed by atoms with Gasteiger partial charge in [-0.3, -0.25) is 9.69 Å². The summed E-state index contributed by atoms with van der Waals surface area (Å²) >= 11 is 0. The number of likely N-dealkylation sites (N-methyl/N-ethyl adjacent to an activating group) is 1. The third-order valence-electron chi connectivity index (χ3n) is 5.31. The number of aliphatic hydroxyl groups is 1. The molecule has 1 atom stereocenters. The van der Waals surface area contributed by atoms with E-state index in [1.165, 1.54) is 6.07 Å². The number of β-amino-alcohol motifs (C(OH)–C–C–N with tert-alkyl or cyclic N) is 1. The SMILES string of the molecule is CN(C(=O)c1ccc(F)c(F)c1)[C@H](CN1CC(O)C1)C1CCCC1. The van der Waals surface area contributed by atoms with Crippen LogP contribution in [-0.2, 0) is 0 Å². The van der Waals surface area contributed by atoms with Crippen LogP contribution in [0.2, 0.25) is 0 Å². The van der Waals surface area contributed by atoms with Crippen molar-refractivity contribution in [2.24, 2.45) is 5.92 Å². The average molecular weight is 338 g/mol. The lowest BCUT2D eigenvalue weighted by Crippen LogP contribution is -2.57. The minimum atomic E-state index is -1.00. The molecule has 6 heteroatoms. The van der Waals surface area contributed by atoms with Crippen molar-refractivity contribution in [1.82, 2.24) is 9.80 Å². The van der Waals surface area contributed by atoms with Gasteiger partial charge in [0, 0.05) is 38.3 Å². The molecular weight excluding hydrogens is 314 g/mol. The second-order valence-electron chi connectivity index (χ2n) is 7.03. The minimum absolute atomic E-state index is 0.0283. The van der Waals surface area contributed by atoms with Crippen molar-refractivity contribution in [1.29, 1.82) is 0 Å². The number of benzene rings is 1. The molecule has 3 rings (SSSR count). The van der Waals surface area contributed by atoms with Gasteiger partial charge in [0.1, 0.15) is 0 Å². The van der Waals surface area contributed by atoms with Crippen LogP contribution in [0.25, 0.3) is 0 Å². The molecule has 0 bridgehead atoms. The van der Waals surface area contributed by atoms with E-state index in [-0.39, 0.29) is 23.6 Å². The van der Waals surface area contributed by atoms with Gasteiger partial charge in [0.2, 0.25) is 0 Å². The summed E-state index contributed by atoms with van der Waals surface area (Å²) in [7, 11) is 1.74. The first-order chi connectivity index (χ1) is 11.5. The predicted octanol–water partition coefficient (Wildman–Crippen LogP) is 2.27. The van der Waals surface area contributed by atoms with Gasteiger partial charge in [0.15, 0.2) is 11.6 Å². The van der Waals surface area contributed by atoms with Crippen LogP contribution in [0.4, 0.5) is 8.78 Å². The highest BCUT2D eigenvalue weighted by Crippen LogP contribution is 2.31. The maximum atomic E-state index is 13.4. The van der Waals surface area contributed by atoms with E-state index in [2.05, 4.69) is 4.90 Å². The number of carbonyl (C=O) groups excluding carboxylic acids is 1. The lowest BCUT2D eigenvalue weighted by Gasteiger charge is -2.42. The molecule has 1 aliphatic carbocycles. The quantitative estimate of drug-likeness (QED) is 0.896. The van der Waals surface area contributed by atoms with E-state index in [9.17, 15) is 18.7 Å². The number of hydrogen-bond donors (Lipinski definition) is 1. The summed E-state index contributed by atoms with van der Waals surface area (Å²) in [5.74, 6) is -1.82. The van der Waals surface area contributed by atoms with Gasteiger partial charge in [-0.05, 0) is 37.0 Å². The number of likely N-dealkylation sites (tertiary alicyclic amines) is 1. The van der Waals surface area contributed by atoms with Crippen LogP contribution in [-0.4, -0.2) is 59.6 Å². The highest BCUT2D eigenvalue weighted by atomic mass is 19.2. The summed E-state index contributed by atoms with van der Waals surface area (Å²) in [5.41, 5.74) is 0.169. The fraction of sp³-hybridized carbons (Fsp3) is 0.611. The summed E-state index contributed by atoms with van der Waals surface area (Å²) in [6.07, 6.45) is 4.21. The zero-order chi connectivity index (χ0) is 17.3. The molecule has 0 unspecified atom stereocenters. The zero-order valence-electron chi connectivity index (χ0n) is 13.9. The van der Waals surface area contributed by atoms with Crippen LogP contribution in [0.3, 0.4) is 0 Å². The predicted molar refractivity (Wildman–Crippen MR) is 86.6 cm³/mol. The number of carbonyl (C=O) groups is 1. The lowest BCUT2D eigenvalue weighted by atomic mass is 9.94. The average Bonchev–Trinajstić information content (AvgIpc) is 3.06. The molecule has 1 saturated carbocycles. The molecule has 1 aromatic rings. The Morgan fingerprint density at radius 1 is 1.29 bits per heavy atom. The van der Waals surface area contributed by atoms with Gasteiger partial charge in [0.05, 0.1) is 6.10 Å². The zero-order valence-corrected chi connectivity index (χ0v) is 13.9. The third-order valence-corrected chi connectivity index (χ3v) is 5.31. The number of nitrogens with zero attached hydrogens (tertiary/aromatic N) is 2. The monoisotopic (exact) mass is 338 g/mol. The van der Waals surface area contributed by atoms with Crippen LogP contribution in [0, 0.1) is 17.6 Å². The molecule has 0 radical (unpaired) electrons. The summed E-state index contributed by atoms with van der Waals surface area (Å²) in [5, 5.41) is 9.48. The lowest BCUT2D eigenvalue weighted by molar-refractivity contribution is -0.0166. The topological polar surface area (TPSA) is 43.8 Å². The van der Waals surface area contributed by atoms with Gasteiger partial charge in [-0.1, -0.05) is 12.8 Å². The Hall–Kier alpha value is -1.53. The summed E-state index contributed by atoms with van der Waals surface area (Å²) in [4.78, 5) is 16.5. The van der Waals surface area contributed by atoms with Crippen LogP contribution < -0.4 is 0 Å². The molecule has 0 aromatic heterocycles. The smallest absolute Gasteiger partial charge is 0.254 e. The Kier molecular flexibility index (Phi) is 5.15. The van der Waals surface area contributed by atoms with E-state index in [1.807, 2.05) is 0 Å². The van der Waals surface area contributed by atoms with Crippen molar-refractivity contribution in [2.45, 2.75) is 37.8 Å². The highest BCUT2D eigenvalue weighted by molar-refractivity contribution is 5.94. The molecule has 1 N–H and O–H groups in total. The van der Waals surface area contributed by atoms with Crippen molar-refractivity contribution >= 4 is 5.91 Å². The van der Waals surface area contributed by atoms with Crippen molar-refractivity contribution in [3.05, 3.63) is 35.4 Å². The van der Waals surface area contributed by atoms with Gasteiger partial charge in [-0.25, -0.2) is 8.78 Å². The Bertz CT molecular complexity index is 599. The molecule has 132 valence electrons. The molecule has 1 aliphatic heterocycles. The van der Waals surface area contributed by atoms with E-state index < -0.39 is 11.6 Å². The van der Waals surface area contributed by atoms with Crippen LogP contribution in [0.15, 0.2) is 18.2 Å². The van der Waals surface area contributed by atoms with Crippen molar-refractivity contribution in [2.75, 3.05) is 26.7 Å². The molecule has 1 heterocycles. The van der Waals surface area contributed by atoms with Crippen LogP contribution in [0.1, 0.15) is 36.0 Å². The molecule has 2 fully saturated rings. The Morgan fingerprint density at radius 2 is 1.96 bits per heavy atom. The van der Waals surface area contributed by atoms with Crippen molar-refractivity contribution in [3.8, 4) is 0 Å². The number of amides is 1. The molecule has 0 spiro atoms. The summed E-state index contributed by atoms with van der Waals surface area (Å²) in [6, 6.07) is 3.32. The van der Waals surface area contributed by atoms with E-state index in [4.69, 9.17) is 0 Å². The number of aliphatic hydroxyl groups excluding tert-OH is 1. The minimum Gasteiger partial charge on any atom is -0.390 e. The van der Waals surface area contributed by atoms with E-state index in [0.29, 0.717) is 25.6 Å². The van der Waals surface area contributed by atoms with Gasteiger partial charge < -0.3 is 10.0 Å². The third kappa shape index (κ3) is 3.59. The van der Waals surface area contributed by atoms with Crippen LogP contribution in [0.5, 0.6) is 0 Å².